The first kappa shape index (κ1) is 9.33. The number of rotatable bonds is 3. The number of nitrogens with zero attached hydrogens (tertiary/aromatic N) is 3. The highest BCUT2D eigenvalue weighted by atomic mass is 15.3. The quantitative estimate of drug-likeness (QED) is 0.807. The highest BCUT2D eigenvalue weighted by Crippen LogP contribution is 2.31. The zero-order valence-corrected chi connectivity index (χ0v) is 9.02. The van der Waals surface area contributed by atoms with Gasteiger partial charge in [-0.05, 0) is 38.1 Å². The van der Waals surface area contributed by atoms with E-state index in [2.05, 4.69) is 20.1 Å². The number of nitrogens with one attached hydrogen (secondary N) is 1. The van der Waals surface area contributed by atoms with Gasteiger partial charge in [-0.3, -0.25) is 0 Å². The fraction of sp³-hybridized carbons (Fsp3) is 0.818. The minimum absolute atomic E-state index is 0.583. The van der Waals surface area contributed by atoms with Crippen molar-refractivity contribution in [1.29, 1.82) is 0 Å². The van der Waals surface area contributed by atoms with E-state index in [-0.39, 0.29) is 0 Å². The SMILES string of the molecule is c1nc(C2CCCNC2)n(CC2CC2)n1. The van der Waals surface area contributed by atoms with Crippen molar-refractivity contribution < 1.29 is 0 Å². The van der Waals surface area contributed by atoms with Gasteiger partial charge in [0.15, 0.2) is 0 Å². The number of aromatic nitrogens is 3. The van der Waals surface area contributed by atoms with E-state index < -0.39 is 0 Å². The lowest BCUT2D eigenvalue weighted by Gasteiger charge is -2.22. The van der Waals surface area contributed by atoms with Gasteiger partial charge in [0.2, 0.25) is 0 Å². The lowest BCUT2D eigenvalue weighted by Crippen LogP contribution is -2.30. The summed E-state index contributed by atoms with van der Waals surface area (Å²) in [5, 5.41) is 7.79. The largest absolute Gasteiger partial charge is 0.316 e. The number of hydrogen-bond donors (Lipinski definition) is 1. The molecule has 0 amide bonds. The summed E-state index contributed by atoms with van der Waals surface area (Å²) in [6, 6.07) is 0. The van der Waals surface area contributed by atoms with Crippen LogP contribution in [0.1, 0.15) is 37.4 Å². The molecule has 1 N–H and O–H groups in total. The summed E-state index contributed by atoms with van der Waals surface area (Å²) in [7, 11) is 0. The summed E-state index contributed by atoms with van der Waals surface area (Å²) < 4.78 is 2.13. The van der Waals surface area contributed by atoms with E-state index in [9.17, 15) is 0 Å². The smallest absolute Gasteiger partial charge is 0.138 e. The molecule has 2 heterocycles. The van der Waals surface area contributed by atoms with Crippen LogP contribution in [0.3, 0.4) is 0 Å². The van der Waals surface area contributed by atoms with Crippen LogP contribution in [0.5, 0.6) is 0 Å². The van der Waals surface area contributed by atoms with Gasteiger partial charge < -0.3 is 5.32 Å². The van der Waals surface area contributed by atoms with E-state index in [0.29, 0.717) is 5.92 Å². The molecular weight excluding hydrogens is 188 g/mol. The molecule has 82 valence electrons. The van der Waals surface area contributed by atoms with Gasteiger partial charge in [0, 0.05) is 19.0 Å². The molecule has 1 atom stereocenters. The second kappa shape index (κ2) is 3.93. The standard InChI is InChI=1S/C11H18N4/c1-2-10(6-12-5-1)11-13-8-14-15(11)7-9-3-4-9/h8-10,12H,1-7H2. The second-order valence-corrected chi connectivity index (χ2v) is 4.79. The van der Waals surface area contributed by atoms with Gasteiger partial charge in [0.25, 0.3) is 0 Å². The molecule has 4 nitrogen and oxygen atoms in total. The molecule has 1 aliphatic heterocycles. The van der Waals surface area contributed by atoms with Crippen LogP contribution < -0.4 is 5.32 Å². The third kappa shape index (κ3) is 2.04. The van der Waals surface area contributed by atoms with Crippen molar-refractivity contribution in [2.75, 3.05) is 13.1 Å². The van der Waals surface area contributed by atoms with E-state index >= 15 is 0 Å². The van der Waals surface area contributed by atoms with E-state index in [0.717, 1.165) is 25.6 Å². The zero-order valence-electron chi connectivity index (χ0n) is 9.02. The minimum Gasteiger partial charge on any atom is -0.316 e. The van der Waals surface area contributed by atoms with Gasteiger partial charge in [-0.1, -0.05) is 0 Å². The molecule has 0 radical (unpaired) electrons. The predicted molar refractivity (Wildman–Crippen MR) is 57.6 cm³/mol. The molecule has 0 aromatic carbocycles. The Labute approximate surface area is 90.1 Å². The maximum Gasteiger partial charge on any atom is 0.138 e. The predicted octanol–water partition coefficient (Wildman–Crippen LogP) is 1.16. The van der Waals surface area contributed by atoms with Gasteiger partial charge in [0.1, 0.15) is 12.2 Å². The van der Waals surface area contributed by atoms with Crippen LogP contribution in [0.2, 0.25) is 0 Å². The van der Waals surface area contributed by atoms with E-state index in [1.54, 1.807) is 6.33 Å². The van der Waals surface area contributed by atoms with Gasteiger partial charge in [-0.2, -0.15) is 5.10 Å². The minimum atomic E-state index is 0.583. The van der Waals surface area contributed by atoms with Crippen molar-refractivity contribution in [3.8, 4) is 0 Å². The Morgan fingerprint density at radius 1 is 1.40 bits per heavy atom. The van der Waals surface area contributed by atoms with Crippen molar-refractivity contribution in [1.82, 2.24) is 20.1 Å². The van der Waals surface area contributed by atoms with Gasteiger partial charge in [-0.25, -0.2) is 9.67 Å². The van der Waals surface area contributed by atoms with Crippen molar-refractivity contribution in [2.24, 2.45) is 5.92 Å². The molecule has 3 rings (SSSR count). The monoisotopic (exact) mass is 206 g/mol. The molecule has 4 heteroatoms. The first-order chi connectivity index (χ1) is 7.43. The van der Waals surface area contributed by atoms with E-state index in [4.69, 9.17) is 0 Å². The molecule has 0 spiro atoms. The van der Waals surface area contributed by atoms with Gasteiger partial charge in [0.05, 0.1) is 0 Å². The Morgan fingerprint density at radius 2 is 2.33 bits per heavy atom. The van der Waals surface area contributed by atoms with E-state index in [1.807, 2.05) is 0 Å². The molecule has 2 aliphatic rings. The highest BCUT2D eigenvalue weighted by Gasteiger charge is 2.26. The molecule has 1 aromatic heterocycles. The van der Waals surface area contributed by atoms with Crippen molar-refractivity contribution in [3.63, 3.8) is 0 Å². The summed E-state index contributed by atoms with van der Waals surface area (Å²) in [4.78, 5) is 4.43. The fourth-order valence-corrected chi connectivity index (χ4v) is 2.35. The Morgan fingerprint density at radius 3 is 3.07 bits per heavy atom. The van der Waals surface area contributed by atoms with Crippen LogP contribution in [0.4, 0.5) is 0 Å². The van der Waals surface area contributed by atoms with Crippen molar-refractivity contribution in [3.05, 3.63) is 12.2 Å². The molecule has 1 saturated carbocycles. The normalized spacial score (nSPS) is 26.8. The van der Waals surface area contributed by atoms with Crippen molar-refractivity contribution in [2.45, 2.75) is 38.1 Å². The Balaban J connectivity index is 1.73. The molecule has 1 aromatic rings. The lowest BCUT2D eigenvalue weighted by molar-refractivity contribution is 0.417. The molecule has 1 unspecified atom stereocenters. The van der Waals surface area contributed by atoms with Crippen LogP contribution in [-0.4, -0.2) is 27.9 Å². The Hall–Kier alpha value is -0.900. The molecule has 15 heavy (non-hydrogen) atoms. The number of hydrogen-bond acceptors (Lipinski definition) is 3. The third-order valence-corrected chi connectivity index (χ3v) is 3.44. The first-order valence-corrected chi connectivity index (χ1v) is 6.02. The topological polar surface area (TPSA) is 42.7 Å². The van der Waals surface area contributed by atoms with Gasteiger partial charge >= 0.3 is 0 Å². The average molecular weight is 206 g/mol. The summed E-state index contributed by atoms with van der Waals surface area (Å²) in [6.45, 7) is 3.32. The third-order valence-electron chi connectivity index (χ3n) is 3.44. The summed E-state index contributed by atoms with van der Waals surface area (Å²) in [6.07, 6.45) is 6.99. The zero-order chi connectivity index (χ0) is 10.1. The second-order valence-electron chi connectivity index (χ2n) is 4.79. The molecule has 0 bridgehead atoms. The molecular formula is C11H18N4. The highest BCUT2D eigenvalue weighted by molar-refractivity contribution is 4.99. The molecule has 1 aliphatic carbocycles. The van der Waals surface area contributed by atoms with Crippen LogP contribution >= 0.6 is 0 Å². The first-order valence-electron chi connectivity index (χ1n) is 6.02. The Bertz CT molecular complexity index is 323. The molecule has 2 fully saturated rings. The summed E-state index contributed by atoms with van der Waals surface area (Å²) in [5.41, 5.74) is 0. The van der Waals surface area contributed by atoms with Crippen molar-refractivity contribution >= 4 is 0 Å². The lowest BCUT2D eigenvalue weighted by atomic mass is 9.99. The van der Waals surface area contributed by atoms with Gasteiger partial charge in [-0.15, -0.1) is 0 Å². The maximum atomic E-state index is 4.43. The fourth-order valence-electron chi connectivity index (χ4n) is 2.35. The number of piperidine rings is 1. The van der Waals surface area contributed by atoms with Crippen LogP contribution in [0.25, 0.3) is 0 Å². The van der Waals surface area contributed by atoms with Crippen LogP contribution in [0.15, 0.2) is 6.33 Å². The maximum absolute atomic E-state index is 4.43. The van der Waals surface area contributed by atoms with E-state index in [1.165, 1.54) is 31.5 Å². The summed E-state index contributed by atoms with van der Waals surface area (Å²) in [5.74, 6) is 2.66. The molecule has 1 saturated heterocycles. The Kier molecular flexibility index (Phi) is 2.44. The summed E-state index contributed by atoms with van der Waals surface area (Å²) >= 11 is 0. The van der Waals surface area contributed by atoms with Crippen LogP contribution in [-0.2, 0) is 6.54 Å². The average Bonchev–Trinajstić information content (AvgIpc) is 2.96. The van der Waals surface area contributed by atoms with Crippen LogP contribution in [0, 0.1) is 5.92 Å².